The molecule has 0 bridgehead atoms. The lowest BCUT2D eigenvalue weighted by atomic mass is 10.2. The van der Waals surface area contributed by atoms with Crippen molar-refractivity contribution in [1.82, 2.24) is 0 Å². The van der Waals surface area contributed by atoms with E-state index in [9.17, 15) is 4.79 Å². The van der Waals surface area contributed by atoms with Crippen LogP contribution in [0.1, 0.15) is 0 Å². The van der Waals surface area contributed by atoms with Gasteiger partial charge in [-0.25, -0.2) is 0 Å². The van der Waals surface area contributed by atoms with E-state index < -0.39 is 0 Å². The Morgan fingerprint density at radius 2 is 2.08 bits per heavy atom. The molecule has 65 valence electrons. The molecule has 0 N–H and O–H groups in total. The molecule has 0 amide bonds. The summed E-state index contributed by atoms with van der Waals surface area (Å²) in [4.78, 5) is 11.4. The van der Waals surface area contributed by atoms with E-state index in [-0.39, 0.29) is 11.4 Å². The van der Waals surface area contributed by atoms with E-state index in [0.717, 1.165) is 0 Å². The predicted molar refractivity (Wildman–Crippen MR) is 48.5 cm³/mol. The van der Waals surface area contributed by atoms with Gasteiger partial charge in [0.2, 0.25) is 0 Å². The molecule has 1 aromatic carbocycles. The second kappa shape index (κ2) is 2.94. The van der Waals surface area contributed by atoms with E-state index >= 15 is 0 Å². The topological polar surface area (TPSA) is 39.4 Å². The van der Waals surface area contributed by atoms with Crippen molar-refractivity contribution in [3.63, 3.8) is 0 Å². The molecular weight excluding hydrogens is 168 g/mol. The quantitative estimate of drug-likeness (QED) is 0.665. The molecule has 0 saturated carbocycles. The van der Waals surface area contributed by atoms with Crippen LogP contribution >= 0.6 is 0 Å². The maximum atomic E-state index is 11.4. The molecule has 0 atom stereocenters. The minimum atomic E-state index is -0.125. The van der Waals surface area contributed by atoms with Gasteiger partial charge in [-0.15, -0.1) is 0 Å². The lowest BCUT2D eigenvalue weighted by Crippen LogP contribution is -1.99. The summed E-state index contributed by atoms with van der Waals surface area (Å²) < 4.78 is 9.79. The second-order valence-electron chi connectivity index (χ2n) is 2.57. The van der Waals surface area contributed by atoms with Crippen LogP contribution < -0.4 is 10.2 Å². The molecule has 0 aliphatic heterocycles. The lowest BCUT2D eigenvalue weighted by molar-refractivity contribution is 0.346. The van der Waals surface area contributed by atoms with Crippen LogP contribution in [0.2, 0.25) is 0 Å². The van der Waals surface area contributed by atoms with Crippen molar-refractivity contribution in [3.05, 3.63) is 47.7 Å². The number of hydrogen-bond acceptors (Lipinski definition) is 3. The summed E-state index contributed by atoms with van der Waals surface area (Å²) >= 11 is 0. The van der Waals surface area contributed by atoms with Crippen molar-refractivity contribution in [2.45, 2.75) is 0 Å². The van der Waals surface area contributed by atoms with E-state index in [1.54, 1.807) is 24.3 Å². The van der Waals surface area contributed by atoms with Gasteiger partial charge in [-0.2, -0.15) is 0 Å². The van der Waals surface area contributed by atoms with Gasteiger partial charge in [0, 0.05) is 0 Å². The number of rotatable bonds is 1. The maximum Gasteiger partial charge on any atom is 0.288 e. The summed E-state index contributed by atoms with van der Waals surface area (Å²) in [5, 5.41) is 0.545. The molecule has 1 radical (unpaired) electrons. The van der Waals surface area contributed by atoms with Crippen molar-refractivity contribution < 1.29 is 9.15 Å². The smallest absolute Gasteiger partial charge is 0.288 e. The minimum Gasteiger partial charge on any atom is -0.461 e. The van der Waals surface area contributed by atoms with Crippen LogP contribution in [-0.2, 0) is 0 Å². The van der Waals surface area contributed by atoms with Crippen LogP contribution in [0, 0.1) is 7.11 Å². The molecule has 0 unspecified atom stereocenters. The maximum absolute atomic E-state index is 11.4. The molecular formula is C10H7O3. The third-order valence-corrected chi connectivity index (χ3v) is 1.75. The van der Waals surface area contributed by atoms with Crippen molar-refractivity contribution in [3.8, 4) is 5.95 Å². The zero-order chi connectivity index (χ0) is 9.26. The van der Waals surface area contributed by atoms with Gasteiger partial charge < -0.3 is 9.15 Å². The molecule has 0 saturated heterocycles. The van der Waals surface area contributed by atoms with Gasteiger partial charge in [0.05, 0.1) is 11.5 Å². The average molecular weight is 175 g/mol. The first-order chi connectivity index (χ1) is 6.31. The highest BCUT2D eigenvalue weighted by Crippen LogP contribution is 2.16. The molecule has 2 aromatic rings. The highest BCUT2D eigenvalue weighted by molar-refractivity contribution is 5.76. The lowest BCUT2D eigenvalue weighted by Gasteiger charge is -1.99. The van der Waals surface area contributed by atoms with Crippen molar-refractivity contribution in [2.24, 2.45) is 0 Å². The highest BCUT2D eigenvalue weighted by Gasteiger charge is 2.02. The molecule has 13 heavy (non-hydrogen) atoms. The molecule has 1 heterocycles. The molecule has 3 nitrogen and oxygen atoms in total. The van der Waals surface area contributed by atoms with Gasteiger partial charge >= 0.3 is 0 Å². The van der Waals surface area contributed by atoms with Gasteiger partial charge in [-0.3, -0.25) is 4.79 Å². The van der Waals surface area contributed by atoms with E-state index in [4.69, 9.17) is 4.42 Å². The first-order valence-corrected chi connectivity index (χ1v) is 3.76. The SMILES string of the molecule is [CH2]Oc1cc(=O)c2ccccc2o1. The van der Waals surface area contributed by atoms with Gasteiger partial charge in [0.1, 0.15) is 12.7 Å². The number of fused-ring (bicyclic) bond motifs is 1. The third-order valence-electron chi connectivity index (χ3n) is 1.75. The van der Waals surface area contributed by atoms with Gasteiger partial charge in [-0.05, 0) is 12.1 Å². The van der Waals surface area contributed by atoms with Crippen LogP contribution in [0.3, 0.4) is 0 Å². The molecule has 0 fully saturated rings. The van der Waals surface area contributed by atoms with E-state index in [0.29, 0.717) is 11.0 Å². The Hall–Kier alpha value is -1.77. The summed E-state index contributed by atoms with van der Waals surface area (Å²) in [6.45, 7) is 0. The Kier molecular flexibility index (Phi) is 1.77. The van der Waals surface area contributed by atoms with Crippen LogP contribution in [0.25, 0.3) is 11.0 Å². The minimum absolute atomic E-state index is 0.125. The molecule has 1 aromatic heterocycles. The first-order valence-electron chi connectivity index (χ1n) is 3.76. The predicted octanol–water partition coefficient (Wildman–Crippen LogP) is 1.96. The van der Waals surface area contributed by atoms with Crippen LogP contribution in [-0.4, -0.2) is 0 Å². The standard InChI is InChI=1S/C10H7O3/c1-12-10-6-8(11)7-4-2-3-5-9(7)13-10/h2-6H,1H2. The van der Waals surface area contributed by atoms with Crippen molar-refractivity contribution in [1.29, 1.82) is 0 Å². The Morgan fingerprint density at radius 3 is 2.85 bits per heavy atom. The second-order valence-corrected chi connectivity index (χ2v) is 2.57. The molecule has 0 aliphatic rings. The van der Waals surface area contributed by atoms with Crippen molar-refractivity contribution in [2.75, 3.05) is 0 Å². The summed E-state index contributed by atoms with van der Waals surface area (Å²) in [7, 11) is 3.17. The summed E-state index contributed by atoms with van der Waals surface area (Å²) in [6, 6.07) is 8.25. The van der Waals surface area contributed by atoms with Gasteiger partial charge in [-0.1, -0.05) is 12.1 Å². The largest absolute Gasteiger partial charge is 0.461 e. The van der Waals surface area contributed by atoms with Gasteiger partial charge in [0.25, 0.3) is 5.95 Å². The fraction of sp³-hybridized carbons (Fsp3) is 0. The summed E-state index contributed by atoms with van der Waals surface area (Å²) in [5.74, 6) is 0.128. The first kappa shape index (κ1) is 7.86. The van der Waals surface area contributed by atoms with Crippen LogP contribution in [0.4, 0.5) is 0 Å². The van der Waals surface area contributed by atoms with Gasteiger partial charge in [0.15, 0.2) is 5.43 Å². The highest BCUT2D eigenvalue weighted by atomic mass is 16.6. The number of ether oxygens (including phenoxy) is 1. The van der Waals surface area contributed by atoms with E-state index in [1.807, 2.05) is 0 Å². The van der Waals surface area contributed by atoms with Crippen LogP contribution in [0.15, 0.2) is 39.5 Å². The summed E-state index contributed by atoms with van der Waals surface area (Å²) in [6.07, 6.45) is 0. The number of benzene rings is 1. The Morgan fingerprint density at radius 1 is 1.31 bits per heavy atom. The molecule has 0 spiro atoms. The third kappa shape index (κ3) is 1.28. The fourth-order valence-corrected chi connectivity index (χ4v) is 1.15. The molecule has 0 aliphatic carbocycles. The fourth-order valence-electron chi connectivity index (χ4n) is 1.15. The summed E-state index contributed by atoms with van der Waals surface area (Å²) in [5.41, 5.74) is 0.383. The van der Waals surface area contributed by atoms with E-state index in [1.165, 1.54) is 6.07 Å². The normalized spacial score (nSPS) is 10.2. The molecule has 2 rings (SSSR count). The van der Waals surface area contributed by atoms with Crippen LogP contribution in [0.5, 0.6) is 5.95 Å². The van der Waals surface area contributed by atoms with Crippen molar-refractivity contribution >= 4 is 11.0 Å². The Balaban J connectivity index is 2.85. The monoisotopic (exact) mass is 175 g/mol. The Labute approximate surface area is 74.6 Å². The zero-order valence-corrected chi connectivity index (χ0v) is 6.82. The zero-order valence-electron chi connectivity index (χ0n) is 6.82. The molecule has 3 heteroatoms. The number of para-hydroxylation sites is 1. The average Bonchev–Trinajstić information content (AvgIpc) is 2.18. The number of hydrogen-bond donors (Lipinski definition) is 0. The Bertz CT molecular complexity index is 485. The van der Waals surface area contributed by atoms with E-state index in [2.05, 4.69) is 11.8 Å².